The molecule has 2 aromatic rings. The quantitative estimate of drug-likeness (QED) is 0.880. The second-order valence-corrected chi connectivity index (χ2v) is 5.16. The normalized spacial score (nSPS) is 10.4. The van der Waals surface area contributed by atoms with Gasteiger partial charge >= 0.3 is 0 Å². The second kappa shape index (κ2) is 5.54. The molecule has 6 heteroatoms. The van der Waals surface area contributed by atoms with E-state index in [1.807, 2.05) is 30.1 Å². The van der Waals surface area contributed by atoms with Gasteiger partial charge in [-0.1, -0.05) is 39.7 Å². The van der Waals surface area contributed by atoms with Gasteiger partial charge in [-0.15, -0.1) is 0 Å². The molecule has 0 bridgehead atoms. The van der Waals surface area contributed by atoms with Crippen LogP contribution in [0.15, 0.2) is 35.1 Å². The minimum atomic E-state index is 0.279. The van der Waals surface area contributed by atoms with Gasteiger partial charge in [0, 0.05) is 18.1 Å². The molecule has 0 amide bonds. The molecule has 1 aromatic heterocycles. The summed E-state index contributed by atoms with van der Waals surface area (Å²) >= 11 is 9.32. The molecular formula is C12H12BrClN4. The zero-order valence-corrected chi connectivity index (χ0v) is 12.1. The van der Waals surface area contributed by atoms with Gasteiger partial charge < -0.3 is 10.6 Å². The first-order chi connectivity index (χ1) is 8.58. The Balaban J connectivity index is 2.22. The van der Waals surface area contributed by atoms with Gasteiger partial charge in [-0.3, -0.25) is 0 Å². The van der Waals surface area contributed by atoms with Crippen molar-refractivity contribution in [3.05, 3.63) is 45.8 Å². The highest BCUT2D eigenvalue weighted by atomic mass is 79.9. The monoisotopic (exact) mass is 326 g/mol. The number of halogens is 2. The van der Waals surface area contributed by atoms with Crippen LogP contribution in [0.4, 0.5) is 11.5 Å². The molecule has 18 heavy (non-hydrogen) atoms. The van der Waals surface area contributed by atoms with Crippen molar-refractivity contribution in [3.8, 4) is 0 Å². The maximum atomic E-state index is 5.88. The van der Waals surface area contributed by atoms with Gasteiger partial charge in [0.25, 0.3) is 0 Å². The zero-order chi connectivity index (χ0) is 13.1. The van der Waals surface area contributed by atoms with Crippen molar-refractivity contribution < 1.29 is 0 Å². The van der Waals surface area contributed by atoms with Crippen LogP contribution in [0, 0.1) is 0 Å². The largest absolute Gasteiger partial charge is 0.393 e. The van der Waals surface area contributed by atoms with Gasteiger partial charge in [0.05, 0.1) is 0 Å². The summed E-state index contributed by atoms with van der Waals surface area (Å²) < 4.78 is 1.04. The second-order valence-electron chi connectivity index (χ2n) is 3.89. The molecular weight excluding hydrogens is 316 g/mol. The Morgan fingerprint density at radius 1 is 1.39 bits per heavy atom. The van der Waals surface area contributed by atoms with Crippen LogP contribution in [0.3, 0.4) is 0 Å². The summed E-state index contributed by atoms with van der Waals surface area (Å²) in [5.41, 5.74) is 7.41. The fraction of sp³-hybridized carbons (Fsp3) is 0.167. The molecule has 0 radical (unpaired) electrons. The first kappa shape index (κ1) is 13.1. The summed E-state index contributed by atoms with van der Waals surface area (Å²) in [4.78, 5) is 9.92. The van der Waals surface area contributed by atoms with Crippen molar-refractivity contribution in [1.82, 2.24) is 9.97 Å². The fourth-order valence-corrected chi connectivity index (χ4v) is 2.23. The average molecular weight is 328 g/mol. The van der Waals surface area contributed by atoms with E-state index < -0.39 is 0 Å². The summed E-state index contributed by atoms with van der Waals surface area (Å²) in [5, 5.41) is 0.279. The Labute approximate surface area is 119 Å². The standard InChI is InChI=1S/C12H12BrClN4/c1-18(6-8-3-2-4-9(13)5-8)12-10(15)11(14)16-7-17-12/h2-5,7H,6,15H2,1H3. The van der Waals surface area contributed by atoms with Gasteiger partial charge in [0.2, 0.25) is 0 Å². The van der Waals surface area contributed by atoms with Crippen molar-refractivity contribution in [1.29, 1.82) is 0 Å². The van der Waals surface area contributed by atoms with Crippen molar-refractivity contribution in [2.75, 3.05) is 17.7 Å². The third kappa shape index (κ3) is 2.91. The molecule has 2 N–H and O–H groups in total. The molecule has 4 nitrogen and oxygen atoms in total. The minimum absolute atomic E-state index is 0.279. The van der Waals surface area contributed by atoms with E-state index in [1.54, 1.807) is 0 Å². The number of nitrogens with two attached hydrogens (primary N) is 1. The summed E-state index contributed by atoms with van der Waals surface area (Å²) in [6.45, 7) is 0.691. The molecule has 0 aliphatic carbocycles. The van der Waals surface area contributed by atoms with Crippen molar-refractivity contribution in [3.63, 3.8) is 0 Å². The lowest BCUT2D eigenvalue weighted by molar-refractivity contribution is 0.893. The highest BCUT2D eigenvalue weighted by Crippen LogP contribution is 2.26. The van der Waals surface area contributed by atoms with E-state index in [2.05, 4.69) is 32.0 Å². The van der Waals surface area contributed by atoms with Crippen LogP contribution in [0.2, 0.25) is 5.15 Å². The zero-order valence-electron chi connectivity index (χ0n) is 9.77. The van der Waals surface area contributed by atoms with Crippen molar-refractivity contribution in [2.24, 2.45) is 0 Å². The average Bonchev–Trinajstić information content (AvgIpc) is 2.32. The Hall–Kier alpha value is -1.33. The van der Waals surface area contributed by atoms with Crippen LogP contribution >= 0.6 is 27.5 Å². The Morgan fingerprint density at radius 3 is 2.89 bits per heavy atom. The van der Waals surface area contributed by atoms with E-state index in [-0.39, 0.29) is 5.15 Å². The van der Waals surface area contributed by atoms with Crippen LogP contribution in [0.5, 0.6) is 0 Å². The fourth-order valence-electron chi connectivity index (χ4n) is 1.65. The third-order valence-corrected chi connectivity index (χ3v) is 3.28. The lowest BCUT2D eigenvalue weighted by Gasteiger charge is -2.20. The molecule has 94 valence electrons. The summed E-state index contributed by atoms with van der Waals surface area (Å²) in [6.07, 6.45) is 1.41. The van der Waals surface area contributed by atoms with Crippen LogP contribution in [-0.4, -0.2) is 17.0 Å². The van der Waals surface area contributed by atoms with E-state index in [0.29, 0.717) is 18.1 Å². The Bertz CT molecular complexity index is 562. The van der Waals surface area contributed by atoms with E-state index in [1.165, 1.54) is 6.33 Å². The van der Waals surface area contributed by atoms with Gasteiger partial charge in [0.1, 0.15) is 12.0 Å². The maximum absolute atomic E-state index is 5.88. The predicted molar refractivity (Wildman–Crippen MR) is 77.7 cm³/mol. The number of hydrogen-bond donors (Lipinski definition) is 1. The number of hydrogen-bond acceptors (Lipinski definition) is 4. The lowest BCUT2D eigenvalue weighted by atomic mass is 10.2. The molecule has 2 rings (SSSR count). The smallest absolute Gasteiger partial charge is 0.157 e. The van der Waals surface area contributed by atoms with Gasteiger partial charge in [0.15, 0.2) is 11.0 Å². The molecule has 0 atom stereocenters. The van der Waals surface area contributed by atoms with E-state index in [4.69, 9.17) is 17.3 Å². The number of aromatic nitrogens is 2. The highest BCUT2D eigenvalue weighted by molar-refractivity contribution is 9.10. The van der Waals surface area contributed by atoms with Crippen molar-refractivity contribution >= 4 is 39.0 Å². The number of benzene rings is 1. The van der Waals surface area contributed by atoms with Crippen LogP contribution in [0.25, 0.3) is 0 Å². The van der Waals surface area contributed by atoms with E-state index >= 15 is 0 Å². The summed E-state index contributed by atoms with van der Waals surface area (Å²) in [6, 6.07) is 8.07. The summed E-state index contributed by atoms with van der Waals surface area (Å²) in [5.74, 6) is 0.634. The van der Waals surface area contributed by atoms with Gasteiger partial charge in [-0.25, -0.2) is 9.97 Å². The number of nitrogen functional groups attached to an aromatic ring is 1. The van der Waals surface area contributed by atoms with Crippen molar-refractivity contribution in [2.45, 2.75) is 6.54 Å². The molecule has 0 saturated carbocycles. The molecule has 0 aliphatic rings. The molecule has 1 heterocycles. The molecule has 1 aromatic carbocycles. The van der Waals surface area contributed by atoms with Crippen LogP contribution < -0.4 is 10.6 Å². The van der Waals surface area contributed by atoms with Crippen LogP contribution in [-0.2, 0) is 6.54 Å². The first-order valence-corrected chi connectivity index (χ1v) is 6.46. The first-order valence-electron chi connectivity index (χ1n) is 5.29. The molecule has 0 saturated heterocycles. The Morgan fingerprint density at radius 2 is 2.17 bits per heavy atom. The topological polar surface area (TPSA) is 55.0 Å². The van der Waals surface area contributed by atoms with E-state index in [0.717, 1.165) is 10.0 Å². The summed E-state index contributed by atoms with van der Waals surface area (Å²) in [7, 11) is 1.91. The van der Waals surface area contributed by atoms with Gasteiger partial charge in [-0.2, -0.15) is 0 Å². The highest BCUT2D eigenvalue weighted by Gasteiger charge is 2.11. The molecule has 0 fully saturated rings. The SMILES string of the molecule is CN(Cc1cccc(Br)c1)c1ncnc(Cl)c1N. The molecule has 0 aliphatic heterocycles. The Kier molecular flexibility index (Phi) is 4.04. The predicted octanol–water partition coefficient (Wildman–Crippen LogP) is 3.11. The maximum Gasteiger partial charge on any atom is 0.157 e. The molecule has 0 unspecified atom stereocenters. The number of anilines is 2. The number of nitrogens with zero attached hydrogens (tertiary/aromatic N) is 3. The minimum Gasteiger partial charge on any atom is -0.393 e. The van der Waals surface area contributed by atoms with E-state index in [9.17, 15) is 0 Å². The number of rotatable bonds is 3. The van der Waals surface area contributed by atoms with Gasteiger partial charge in [-0.05, 0) is 17.7 Å². The third-order valence-electron chi connectivity index (χ3n) is 2.48. The molecule has 0 spiro atoms. The van der Waals surface area contributed by atoms with Crippen LogP contribution in [0.1, 0.15) is 5.56 Å². The lowest BCUT2D eigenvalue weighted by Crippen LogP contribution is -2.19.